The fraction of sp³-hybridized carbons (Fsp3) is 0.250. The second kappa shape index (κ2) is 3.42. The van der Waals surface area contributed by atoms with Crippen LogP contribution in [0.1, 0.15) is 17.4 Å². The van der Waals surface area contributed by atoms with E-state index < -0.39 is 0 Å². The smallest absolute Gasteiger partial charge is 0.228 e. The van der Waals surface area contributed by atoms with Crippen LogP contribution < -0.4 is 4.74 Å². The van der Waals surface area contributed by atoms with Gasteiger partial charge in [-0.15, -0.1) is 0 Å². The van der Waals surface area contributed by atoms with Gasteiger partial charge in [-0.2, -0.15) is 0 Å². The molecule has 0 bridgehead atoms. The van der Waals surface area contributed by atoms with Crippen molar-refractivity contribution < 1.29 is 9.53 Å². The number of methoxy groups -OCH3 is 1. The number of aryl methyl sites for hydroxylation is 1. The van der Waals surface area contributed by atoms with Crippen LogP contribution in [0.5, 0.6) is 5.75 Å². The van der Waals surface area contributed by atoms with Gasteiger partial charge in [-0.1, -0.05) is 12.1 Å². The molecule has 0 radical (unpaired) electrons. The van der Waals surface area contributed by atoms with Crippen molar-refractivity contribution in [2.45, 2.75) is 13.8 Å². The Morgan fingerprint density at radius 3 is 2.73 bits per heavy atom. The normalized spacial score (nSPS) is 10.6. The summed E-state index contributed by atoms with van der Waals surface area (Å²) in [5.41, 5.74) is 1.78. The maximum Gasteiger partial charge on any atom is 0.228 e. The zero-order valence-corrected chi connectivity index (χ0v) is 9.07. The highest BCUT2D eigenvalue weighted by Crippen LogP contribution is 2.28. The highest BCUT2D eigenvalue weighted by atomic mass is 16.5. The minimum Gasteiger partial charge on any atom is -0.495 e. The molecule has 2 aromatic rings. The second-order valence-corrected chi connectivity index (χ2v) is 3.54. The van der Waals surface area contributed by atoms with E-state index in [1.54, 1.807) is 18.6 Å². The topological polar surface area (TPSA) is 31.2 Å². The summed E-state index contributed by atoms with van der Waals surface area (Å²) >= 11 is 0. The van der Waals surface area contributed by atoms with Gasteiger partial charge in [-0.05, 0) is 19.1 Å². The van der Waals surface area contributed by atoms with Crippen molar-refractivity contribution in [2.75, 3.05) is 7.11 Å². The third kappa shape index (κ3) is 1.40. The van der Waals surface area contributed by atoms with Gasteiger partial charge < -0.3 is 4.74 Å². The highest BCUT2D eigenvalue weighted by molar-refractivity contribution is 5.96. The predicted octanol–water partition coefficient (Wildman–Crippen LogP) is 2.62. The first-order chi connectivity index (χ1) is 7.15. The molecule has 0 unspecified atom stereocenters. The molecule has 0 aliphatic carbocycles. The Morgan fingerprint density at radius 2 is 2.13 bits per heavy atom. The minimum atomic E-state index is 0.00648. The van der Waals surface area contributed by atoms with Gasteiger partial charge in [0.05, 0.1) is 12.6 Å². The van der Waals surface area contributed by atoms with E-state index in [0.29, 0.717) is 0 Å². The van der Waals surface area contributed by atoms with Crippen LogP contribution in [-0.4, -0.2) is 17.6 Å². The first-order valence-electron chi connectivity index (χ1n) is 4.81. The van der Waals surface area contributed by atoms with Gasteiger partial charge in [0.15, 0.2) is 0 Å². The number of aromatic nitrogens is 1. The molecule has 0 atom stereocenters. The van der Waals surface area contributed by atoms with Gasteiger partial charge in [0.2, 0.25) is 5.91 Å². The first kappa shape index (κ1) is 9.77. The van der Waals surface area contributed by atoms with Gasteiger partial charge in [0, 0.05) is 18.0 Å². The summed E-state index contributed by atoms with van der Waals surface area (Å²) in [6.45, 7) is 3.47. The molecule has 1 heterocycles. The molecule has 0 N–H and O–H groups in total. The molecule has 78 valence electrons. The molecule has 0 amide bonds. The number of nitrogens with zero attached hydrogens (tertiary/aromatic N) is 1. The SMILES string of the molecule is COc1cccc2cc(C)n(C(C)=O)c12. The molecule has 3 nitrogen and oxygen atoms in total. The van der Waals surface area contributed by atoms with E-state index in [0.717, 1.165) is 22.3 Å². The number of carbonyl (C=O) groups excluding carboxylic acids is 1. The molecule has 0 aliphatic rings. The lowest BCUT2D eigenvalue weighted by atomic mass is 10.2. The van der Waals surface area contributed by atoms with Crippen LogP contribution in [-0.2, 0) is 0 Å². The summed E-state index contributed by atoms with van der Waals surface area (Å²) < 4.78 is 6.93. The summed E-state index contributed by atoms with van der Waals surface area (Å²) in [5.74, 6) is 0.739. The Morgan fingerprint density at radius 1 is 1.40 bits per heavy atom. The van der Waals surface area contributed by atoms with E-state index in [1.807, 2.05) is 31.2 Å². The third-order valence-corrected chi connectivity index (χ3v) is 2.51. The number of fused-ring (bicyclic) bond motifs is 1. The lowest BCUT2D eigenvalue weighted by Crippen LogP contribution is -2.07. The van der Waals surface area contributed by atoms with E-state index in [1.165, 1.54) is 0 Å². The maximum absolute atomic E-state index is 11.5. The van der Waals surface area contributed by atoms with Crippen LogP contribution in [0.25, 0.3) is 10.9 Å². The number of benzene rings is 1. The van der Waals surface area contributed by atoms with Gasteiger partial charge in [0.1, 0.15) is 5.75 Å². The minimum absolute atomic E-state index is 0.00648. The van der Waals surface area contributed by atoms with Crippen molar-refractivity contribution in [3.8, 4) is 5.75 Å². The van der Waals surface area contributed by atoms with Crippen molar-refractivity contribution in [3.63, 3.8) is 0 Å². The number of carbonyl (C=O) groups is 1. The van der Waals surface area contributed by atoms with Crippen LogP contribution in [0.4, 0.5) is 0 Å². The first-order valence-corrected chi connectivity index (χ1v) is 4.81. The molecular formula is C12H13NO2. The van der Waals surface area contributed by atoms with Crippen LogP contribution in [0.3, 0.4) is 0 Å². The molecule has 0 aliphatic heterocycles. The van der Waals surface area contributed by atoms with Gasteiger partial charge in [-0.25, -0.2) is 0 Å². The Balaban J connectivity index is 2.88. The van der Waals surface area contributed by atoms with Gasteiger partial charge in [0.25, 0.3) is 0 Å². The lowest BCUT2D eigenvalue weighted by molar-refractivity contribution is 0.0939. The molecular weight excluding hydrogens is 190 g/mol. The molecule has 1 aromatic heterocycles. The third-order valence-electron chi connectivity index (χ3n) is 2.51. The summed E-state index contributed by atoms with van der Waals surface area (Å²) in [6, 6.07) is 7.75. The van der Waals surface area contributed by atoms with Crippen LogP contribution in [0.2, 0.25) is 0 Å². The fourth-order valence-corrected chi connectivity index (χ4v) is 1.93. The number of hydrogen-bond donors (Lipinski definition) is 0. The number of para-hydroxylation sites is 1. The fourth-order valence-electron chi connectivity index (χ4n) is 1.93. The van der Waals surface area contributed by atoms with Crippen LogP contribution in [0, 0.1) is 6.92 Å². The van der Waals surface area contributed by atoms with Crippen LogP contribution >= 0.6 is 0 Å². The lowest BCUT2D eigenvalue weighted by Gasteiger charge is -2.06. The summed E-state index contributed by atoms with van der Waals surface area (Å²) in [5, 5.41) is 1.03. The van der Waals surface area contributed by atoms with Gasteiger partial charge >= 0.3 is 0 Å². The molecule has 3 heteroatoms. The zero-order chi connectivity index (χ0) is 11.0. The number of hydrogen-bond acceptors (Lipinski definition) is 2. The Bertz CT molecular complexity index is 526. The molecule has 0 saturated carbocycles. The quantitative estimate of drug-likeness (QED) is 0.713. The van der Waals surface area contributed by atoms with Gasteiger partial charge in [-0.3, -0.25) is 9.36 Å². The largest absolute Gasteiger partial charge is 0.495 e. The van der Waals surface area contributed by atoms with Crippen molar-refractivity contribution in [3.05, 3.63) is 30.0 Å². The van der Waals surface area contributed by atoms with E-state index in [-0.39, 0.29) is 5.91 Å². The average Bonchev–Trinajstić information content (AvgIpc) is 2.53. The summed E-state index contributed by atoms with van der Waals surface area (Å²) in [4.78, 5) is 11.5. The Labute approximate surface area is 88.3 Å². The zero-order valence-electron chi connectivity index (χ0n) is 9.07. The monoisotopic (exact) mass is 203 g/mol. The van der Waals surface area contributed by atoms with Crippen molar-refractivity contribution >= 4 is 16.8 Å². The van der Waals surface area contributed by atoms with Crippen LogP contribution in [0.15, 0.2) is 24.3 Å². The van der Waals surface area contributed by atoms with Crippen molar-refractivity contribution in [1.29, 1.82) is 0 Å². The molecule has 2 rings (SSSR count). The maximum atomic E-state index is 11.5. The summed E-state index contributed by atoms with van der Waals surface area (Å²) in [7, 11) is 1.61. The number of rotatable bonds is 1. The van der Waals surface area contributed by atoms with E-state index in [4.69, 9.17) is 4.74 Å². The molecule has 15 heavy (non-hydrogen) atoms. The van der Waals surface area contributed by atoms with E-state index in [2.05, 4.69) is 0 Å². The second-order valence-electron chi connectivity index (χ2n) is 3.54. The van der Waals surface area contributed by atoms with E-state index >= 15 is 0 Å². The Kier molecular flexibility index (Phi) is 2.23. The summed E-state index contributed by atoms with van der Waals surface area (Å²) in [6.07, 6.45) is 0. The standard InChI is InChI=1S/C12H13NO2/c1-8-7-10-5-4-6-11(15-3)12(10)13(8)9(2)14/h4-7H,1-3H3. The Hall–Kier alpha value is -1.77. The average molecular weight is 203 g/mol. The predicted molar refractivity (Wildman–Crippen MR) is 59.5 cm³/mol. The number of ether oxygens (including phenoxy) is 1. The van der Waals surface area contributed by atoms with Crippen molar-refractivity contribution in [2.24, 2.45) is 0 Å². The molecule has 0 spiro atoms. The molecule has 1 aromatic carbocycles. The highest BCUT2D eigenvalue weighted by Gasteiger charge is 2.12. The van der Waals surface area contributed by atoms with Crippen molar-refractivity contribution in [1.82, 2.24) is 4.57 Å². The molecule has 0 saturated heterocycles. The molecule has 0 fully saturated rings. The van der Waals surface area contributed by atoms with E-state index in [9.17, 15) is 4.79 Å².